The van der Waals surface area contributed by atoms with Crippen LogP contribution in [0.15, 0.2) is 30.6 Å². The Morgan fingerprint density at radius 2 is 2.04 bits per heavy atom. The van der Waals surface area contributed by atoms with E-state index in [0.717, 1.165) is 23.4 Å². The van der Waals surface area contributed by atoms with Gasteiger partial charge in [-0.15, -0.1) is 0 Å². The second kappa shape index (κ2) is 7.50. The predicted molar refractivity (Wildman–Crippen MR) is 106 cm³/mol. The van der Waals surface area contributed by atoms with E-state index in [-0.39, 0.29) is 0 Å². The summed E-state index contributed by atoms with van der Waals surface area (Å²) in [4.78, 5) is 14.0. The first-order chi connectivity index (χ1) is 12.7. The standard InChI is InChI=1S/C19H23ClN6/c1-2-26-12-21-16-17(22-15-10-6-7-13(20)11-15)24-19(25-18(16)26)23-14-8-4-3-5-9-14/h6-7,10-12,14H,2-5,8-9H2,1H3,(H2,22,23,24,25). The van der Waals surface area contributed by atoms with E-state index in [1.807, 2.05) is 35.2 Å². The minimum absolute atomic E-state index is 0.443. The van der Waals surface area contributed by atoms with Gasteiger partial charge in [-0.2, -0.15) is 9.97 Å². The lowest BCUT2D eigenvalue weighted by Crippen LogP contribution is -2.23. The lowest BCUT2D eigenvalue weighted by atomic mass is 9.96. The molecule has 2 N–H and O–H groups in total. The highest BCUT2D eigenvalue weighted by atomic mass is 35.5. The smallest absolute Gasteiger partial charge is 0.227 e. The van der Waals surface area contributed by atoms with Crippen molar-refractivity contribution in [3.05, 3.63) is 35.6 Å². The number of hydrogen-bond acceptors (Lipinski definition) is 5. The summed E-state index contributed by atoms with van der Waals surface area (Å²) < 4.78 is 2.03. The Morgan fingerprint density at radius 1 is 1.19 bits per heavy atom. The van der Waals surface area contributed by atoms with Crippen molar-refractivity contribution < 1.29 is 0 Å². The second-order valence-corrected chi connectivity index (χ2v) is 7.15. The summed E-state index contributed by atoms with van der Waals surface area (Å²) in [6.45, 7) is 2.90. The van der Waals surface area contributed by atoms with Crippen LogP contribution in [0.4, 0.5) is 17.5 Å². The van der Waals surface area contributed by atoms with Crippen LogP contribution < -0.4 is 10.6 Å². The van der Waals surface area contributed by atoms with Crippen molar-refractivity contribution in [1.82, 2.24) is 19.5 Å². The fraction of sp³-hybridized carbons (Fsp3) is 0.421. The van der Waals surface area contributed by atoms with Gasteiger partial charge in [0.1, 0.15) is 0 Å². The molecule has 0 saturated heterocycles. The van der Waals surface area contributed by atoms with Gasteiger partial charge in [0.15, 0.2) is 17.0 Å². The van der Waals surface area contributed by atoms with E-state index in [1.165, 1.54) is 32.1 Å². The van der Waals surface area contributed by atoms with Crippen molar-refractivity contribution in [3.8, 4) is 0 Å². The molecule has 0 radical (unpaired) electrons. The van der Waals surface area contributed by atoms with E-state index in [9.17, 15) is 0 Å². The quantitative estimate of drug-likeness (QED) is 0.662. The van der Waals surface area contributed by atoms with Crippen LogP contribution in [-0.2, 0) is 6.54 Å². The summed E-state index contributed by atoms with van der Waals surface area (Å²) in [5, 5.41) is 7.55. The fourth-order valence-electron chi connectivity index (χ4n) is 3.46. The maximum absolute atomic E-state index is 6.11. The Morgan fingerprint density at radius 3 is 2.81 bits per heavy atom. The summed E-state index contributed by atoms with van der Waals surface area (Å²) >= 11 is 6.11. The Balaban J connectivity index is 1.70. The number of fused-ring (bicyclic) bond motifs is 1. The van der Waals surface area contributed by atoms with Crippen LogP contribution in [0.2, 0.25) is 5.02 Å². The third kappa shape index (κ3) is 3.60. The topological polar surface area (TPSA) is 67.7 Å². The molecule has 0 spiro atoms. The van der Waals surface area contributed by atoms with Crippen molar-refractivity contribution in [3.63, 3.8) is 0 Å². The third-order valence-corrected chi connectivity index (χ3v) is 5.07. The zero-order valence-corrected chi connectivity index (χ0v) is 15.6. The average molecular weight is 371 g/mol. The molecule has 0 aliphatic heterocycles. The molecule has 6 nitrogen and oxygen atoms in total. The number of imidazole rings is 1. The molecule has 136 valence electrons. The van der Waals surface area contributed by atoms with Crippen molar-refractivity contribution in [1.29, 1.82) is 0 Å². The van der Waals surface area contributed by atoms with Gasteiger partial charge in [-0.1, -0.05) is 36.9 Å². The predicted octanol–water partition coefficient (Wildman–Crippen LogP) is 4.99. The highest BCUT2D eigenvalue weighted by molar-refractivity contribution is 6.30. The van der Waals surface area contributed by atoms with Crippen LogP contribution in [0.5, 0.6) is 0 Å². The largest absolute Gasteiger partial charge is 0.351 e. The Hall–Kier alpha value is -2.34. The molecular weight excluding hydrogens is 348 g/mol. The van der Waals surface area contributed by atoms with Crippen molar-refractivity contribution in [2.24, 2.45) is 0 Å². The first kappa shape index (κ1) is 17.1. The number of halogens is 1. The van der Waals surface area contributed by atoms with E-state index in [0.29, 0.717) is 22.8 Å². The van der Waals surface area contributed by atoms with Crippen LogP contribution in [0.3, 0.4) is 0 Å². The molecule has 1 aromatic carbocycles. The van der Waals surface area contributed by atoms with E-state index in [1.54, 1.807) is 0 Å². The van der Waals surface area contributed by atoms with E-state index >= 15 is 0 Å². The van der Waals surface area contributed by atoms with Crippen LogP contribution in [0, 0.1) is 0 Å². The highest BCUT2D eigenvalue weighted by Crippen LogP contribution is 2.27. The average Bonchev–Trinajstić information content (AvgIpc) is 3.06. The second-order valence-electron chi connectivity index (χ2n) is 6.71. The Bertz CT molecular complexity index is 900. The molecule has 4 rings (SSSR count). The SMILES string of the molecule is CCn1cnc2c(Nc3cccc(Cl)c3)nc(NC3CCCCC3)nc21. The summed E-state index contributed by atoms with van der Waals surface area (Å²) in [7, 11) is 0. The minimum Gasteiger partial charge on any atom is -0.351 e. The molecular formula is C19H23ClN6. The lowest BCUT2D eigenvalue weighted by molar-refractivity contribution is 0.461. The number of nitrogens with zero attached hydrogens (tertiary/aromatic N) is 4. The fourth-order valence-corrected chi connectivity index (χ4v) is 3.65. The van der Waals surface area contributed by atoms with Crippen LogP contribution in [0.1, 0.15) is 39.0 Å². The van der Waals surface area contributed by atoms with Crippen LogP contribution in [-0.4, -0.2) is 25.6 Å². The molecule has 0 bridgehead atoms. The lowest BCUT2D eigenvalue weighted by Gasteiger charge is -2.23. The van der Waals surface area contributed by atoms with Gasteiger partial charge in [0, 0.05) is 23.3 Å². The first-order valence-electron chi connectivity index (χ1n) is 9.25. The number of rotatable bonds is 5. The molecule has 2 aromatic heterocycles. The van der Waals surface area contributed by atoms with Crippen LogP contribution >= 0.6 is 11.6 Å². The van der Waals surface area contributed by atoms with E-state index in [2.05, 4.69) is 22.5 Å². The molecule has 1 aliphatic rings. The highest BCUT2D eigenvalue weighted by Gasteiger charge is 2.17. The van der Waals surface area contributed by atoms with Crippen LogP contribution in [0.25, 0.3) is 11.2 Å². The summed E-state index contributed by atoms with van der Waals surface area (Å²) in [5.74, 6) is 1.35. The minimum atomic E-state index is 0.443. The van der Waals surface area contributed by atoms with Gasteiger partial charge in [-0.25, -0.2) is 4.98 Å². The molecule has 0 unspecified atom stereocenters. The number of anilines is 3. The molecule has 7 heteroatoms. The molecule has 1 saturated carbocycles. The molecule has 3 aromatic rings. The van der Waals surface area contributed by atoms with E-state index in [4.69, 9.17) is 21.6 Å². The Kier molecular flexibility index (Phi) is 4.93. The van der Waals surface area contributed by atoms with Gasteiger partial charge in [-0.05, 0) is 38.0 Å². The molecule has 0 amide bonds. The monoisotopic (exact) mass is 370 g/mol. The van der Waals surface area contributed by atoms with Gasteiger partial charge < -0.3 is 15.2 Å². The number of aryl methyl sites for hydroxylation is 1. The molecule has 2 heterocycles. The number of benzene rings is 1. The summed E-state index contributed by atoms with van der Waals surface area (Å²) in [6.07, 6.45) is 8.01. The summed E-state index contributed by atoms with van der Waals surface area (Å²) in [6, 6.07) is 8.04. The number of nitrogens with one attached hydrogen (secondary N) is 2. The van der Waals surface area contributed by atoms with Crippen molar-refractivity contribution in [2.45, 2.75) is 51.6 Å². The normalized spacial score (nSPS) is 15.3. The van der Waals surface area contributed by atoms with Gasteiger partial charge >= 0.3 is 0 Å². The third-order valence-electron chi connectivity index (χ3n) is 4.83. The van der Waals surface area contributed by atoms with Gasteiger partial charge in [-0.3, -0.25) is 0 Å². The number of hydrogen-bond donors (Lipinski definition) is 2. The maximum Gasteiger partial charge on any atom is 0.227 e. The first-order valence-corrected chi connectivity index (χ1v) is 9.62. The zero-order chi connectivity index (χ0) is 17.9. The van der Waals surface area contributed by atoms with Gasteiger partial charge in [0.05, 0.1) is 6.33 Å². The van der Waals surface area contributed by atoms with Gasteiger partial charge in [0.2, 0.25) is 5.95 Å². The zero-order valence-electron chi connectivity index (χ0n) is 14.9. The molecule has 1 aliphatic carbocycles. The van der Waals surface area contributed by atoms with Gasteiger partial charge in [0.25, 0.3) is 0 Å². The molecule has 26 heavy (non-hydrogen) atoms. The van der Waals surface area contributed by atoms with Crippen molar-refractivity contribution in [2.75, 3.05) is 10.6 Å². The number of aromatic nitrogens is 4. The summed E-state index contributed by atoms with van der Waals surface area (Å²) in [5.41, 5.74) is 2.48. The molecule has 0 atom stereocenters. The maximum atomic E-state index is 6.11. The van der Waals surface area contributed by atoms with E-state index < -0.39 is 0 Å². The van der Waals surface area contributed by atoms with Crippen molar-refractivity contribution >= 4 is 40.2 Å². The Labute approximate surface area is 158 Å². The molecule has 1 fully saturated rings.